The standard InChI is InChI=1S/C18H26N2O3/c1-3-9-19-18(22)15-7-10-20(11-8-15)17(21)13-14-5-4-6-16(12-14)23-2/h4-6,12,15H,3,7-11,13H2,1-2H3,(H,19,22). The van der Waals surface area contributed by atoms with Gasteiger partial charge in [-0.2, -0.15) is 0 Å². The molecular weight excluding hydrogens is 292 g/mol. The number of amides is 2. The van der Waals surface area contributed by atoms with E-state index in [1.807, 2.05) is 36.1 Å². The van der Waals surface area contributed by atoms with E-state index in [2.05, 4.69) is 5.32 Å². The van der Waals surface area contributed by atoms with Crippen LogP contribution in [0.15, 0.2) is 24.3 Å². The van der Waals surface area contributed by atoms with E-state index in [1.165, 1.54) is 0 Å². The average molecular weight is 318 g/mol. The summed E-state index contributed by atoms with van der Waals surface area (Å²) < 4.78 is 5.19. The highest BCUT2D eigenvalue weighted by molar-refractivity contribution is 5.81. The van der Waals surface area contributed by atoms with Crippen molar-refractivity contribution in [3.8, 4) is 5.75 Å². The number of likely N-dealkylation sites (tertiary alicyclic amines) is 1. The predicted molar refractivity (Wildman–Crippen MR) is 89.3 cm³/mol. The van der Waals surface area contributed by atoms with Gasteiger partial charge in [-0.05, 0) is 37.0 Å². The molecule has 0 aromatic heterocycles. The van der Waals surface area contributed by atoms with E-state index >= 15 is 0 Å². The first kappa shape index (κ1) is 17.3. The van der Waals surface area contributed by atoms with Gasteiger partial charge in [0.15, 0.2) is 0 Å². The molecule has 0 unspecified atom stereocenters. The number of rotatable bonds is 6. The van der Waals surface area contributed by atoms with Gasteiger partial charge in [0.05, 0.1) is 13.5 Å². The lowest BCUT2D eigenvalue weighted by molar-refractivity contribution is -0.135. The first-order valence-corrected chi connectivity index (χ1v) is 8.32. The molecule has 0 bridgehead atoms. The van der Waals surface area contributed by atoms with Crippen LogP contribution in [0.3, 0.4) is 0 Å². The van der Waals surface area contributed by atoms with Crippen LogP contribution in [-0.2, 0) is 16.0 Å². The van der Waals surface area contributed by atoms with Crippen LogP contribution < -0.4 is 10.1 Å². The summed E-state index contributed by atoms with van der Waals surface area (Å²) in [5.41, 5.74) is 0.956. The van der Waals surface area contributed by atoms with Crippen LogP contribution in [-0.4, -0.2) is 43.5 Å². The van der Waals surface area contributed by atoms with Crippen molar-refractivity contribution >= 4 is 11.8 Å². The van der Waals surface area contributed by atoms with Crippen molar-refractivity contribution in [2.75, 3.05) is 26.7 Å². The molecular formula is C18H26N2O3. The summed E-state index contributed by atoms with van der Waals surface area (Å²) in [5, 5.41) is 2.94. The first-order valence-electron chi connectivity index (χ1n) is 8.32. The molecule has 5 heteroatoms. The van der Waals surface area contributed by atoms with Gasteiger partial charge < -0.3 is 15.0 Å². The average Bonchev–Trinajstić information content (AvgIpc) is 2.60. The van der Waals surface area contributed by atoms with Crippen LogP contribution in [0.25, 0.3) is 0 Å². The Labute approximate surface area is 138 Å². The Bertz CT molecular complexity index is 537. The van der Waals surface area contributed by atoms with Crippen molar-refractivity contribution in [3.05, 3.63) is 29.8 Å². The zero-order valence-corrected chi connectivity index (χ0v) is 14.0. The van der Waals surface area contributed by atoms with E-state index in [-0.39, 0.29) is 17.7 Å². The Morgan fingerprint density at radius 2 is 2.04 bits per heavy atom. The van der Waals surface area contributed by atoms with Crippen molar-refractivity contribution in [1.29, 1.82) is 0 Å². The largest absolute Gasteiger partial charge is 0.497 e. The highest BCUT2D eigenvalue weighted by atomic mass is 16.5. The Morgan fingerprint density at radius 1 is 1.30 bits per heavy atom. The number of piperidine rings is 1. The molecule has 126 valence electrons. The fraction of sp³-hybridized carbons (Fsp3) is 0.556. The number of nitrogens with one attached hydrogen (secondary N) is 1. The second-order valence-electron chi connectivity index (χ2n) is 5.97. The Hall–Kier alpha value is -2.04. The third-order valence-corrected chi connectivity index (χ3v) is 4.26. The molecule has 1 fully saturated rings. The molecule has 23 heavy (non-hydrogen) atoms. The third-order valence-electron chi connectivity index (χ3n) is 4.26. The van der Waals surface area contributed by atoms with Gasteiger partial charge in [0.1, 0.15) is 5.75 Å². The zero-order valence-electron chi connectivity index (χ0n) is 14.0. The van der Waals surface area contributed by atoms with Crippen molar-refractivity contribution in [3.63, 3.8) is 0 Å². The first-order chi connectivity index (χ1) is 11.1. The molecule has 0 spiro atoms. The fourth-order valence-electron chi connectivity index (χ4n) is 2.85. The summed E-state index contributed by atoms with van der Waals surface area (Å²) in [6.07, 6.45) is 2.83. The highest BCUT2D eigenvalue weighted by Gasteiger charge is 2.26. The number of nitrogens with zero attached hydrogens (tertiary/aromatic N) is 1. The lowest BCUT2D eigenvalue weighted by Gasteiger charge is -2.31. The summed E-state index contributed by atoms with van der Waals surface area (Å²) in [7, 11) is 1.62. The minimum Gasteiger partial charge on any atom is -0.497 e. The summed E-state index contributed by atoms with van der Waals surface area (Å²) in [4.78, 5) is 26.2. The quantitative estimate of drug-likeness (QED) is 0.873. The van der Waals surface area contributed by atoms with Gasteiger partial charge in [-0.3, -0.25) is 9.59 Å². The molecule has 0 saturated carbocycles. The Morgan fingerprint density at radius 3 is 2.70 bits per heavy atom. The Balaban J connectivity index is 1.82. The maximum Gasteiger partial charge on any atom is 0.226 e. The van der Waals surface area contributed by atoms with E-state index in [0.29, 0.717) is 19.5 Å². The molecule has 0 radical (unpaired) electrons. The van der Waals surface area contributed by atoms with Gasteiger partial charge in [-0.1, -0.05) is 19.1 Å². The predicted octanol–water partition coefficient (Wildman–Crippen LogP) is 2.00. The number of hydrogen-bond donors (Lipinski definition) is 1. The molecule has 1 saturated heterocycles. The number of carbonyl (C=O) groups excluding carboxylic acids is 2. The molecule has 0 aliphatic carbocycles. The normalized spacial score (nSPS) is 15.3. The van der Waals surface area contributed by atoms with Crippen molar-refractivity contribution in [1.82, 2.24) is 10.2 Å². The van der Waals surface area contributed by atoms with Gasteiger partial charge in [-0.15, -0.1) is 0 Å². The van der Waals surface area contributed by atoms with Gasteiger partial charge >= 0.3 is 0 Å². The lowest BCUT2D eigenvalue weighted by atomic mass is 9.95. The molecule has 1 aliphatic rings. The van der Waals surface area contributed by atoms with E-state index in [0.717, 1.165) is 37.1 Å². The third kappa shape index (κ3) is 4.98. The maximum atomic E-state index is 12.4. The number of carbonyl (C=O) groups is 2. The number of methoxy groups -OCH3 is 1. The monoisotopic (exact) mass is 318 g/mol. The molecule has 1 aromatic rings. The fourth-order valence-corrected chi connectivity index (χ4v) is 2.85. The number of ether oxygens (including phenoxy) is 1. The van der Waals surface area contributed by atoms with Crippen LogP contribution >= 0.6 is 0 Å². The van der Waals surface area contributed by atoms with Crippen molar-refractivity contribution in [2.24, 2.45) is 5.92 Å². The summed E-state index contributed by atoms with van der Waals surface area (Å²) >= 11 is 0. The number of hydrogen-bond acceptors (Lipinski definition) is 3. The van der Waals surface area contributed by atoms with Crippen molar-refractivity contribution in [2.45, 2.75) is 32.6 Å². The number of benzene rings is 1. The molecule has 1 heterocycles. The van der Waals surface area contributed by atoms with Gasteiger partial charge in [0, 0.05) is 25.6 Å². The van der Waals surface area contributed by atoms with Gasteiger partial charge in [0.25, 0.3) is 0 Å². The Kier molecular flexibility index (Phi) is 6.44. The second kappa shape index (κ2) is 8.56. The van der Waals surface area contributed by atoms with E-state index in [1.54, 1.807) is 7.11 Å². The SMILES string of the molecule is CCCNC(=O)C1CCN(C(=O)Cc2cccc(OC)c2)CC1. The van der Waals surface area contributed by atoms with Crippen LogP contribution in [0, 0.1) is 5.92 Å². The summed E-state index contributed by atoms with van der Waals surface area (Å²) in [5.74, 6) is 1.06. The molecule has 2 amide bonds. The zero-order chi connectivity index (χ0) is 16.7. The van der Waals surface area contributed by atoms with Gasteiger partial charge in [-0.25, -0.2) is 0 Å². The van der Waals surface area contributed by atoms with Crippen LogP contribution in [0.2, 0.25) is 0 Å². The second-order valence-corrected chi connectivity index (χ2v) is 5.97. The van der Waals surface area contributed by atoms with Crippen LogP contribution in [0.4, 0.5) is 0 Å². The molecule has 0 atom stereocenters. The van der Waals surface area contributed by atoms with E-state index < -0.39 is 0 Å². The van der Waals surface area contributed by atoms with Crippen LogP contribution in [0.5, 0.6) is 5.75 Å². The molecule has 1 aromatic carbocycles. The minimum atomic E-state index is 0.0439. The molecule has 1 aliphatic heterocycles. The molecule has 5 nitrogen and oxygen atoms in total. The summed E-state index contributed by atoms with van der Waals surface area (Å²) in [6, 6.07) is 7.59. The van der Waals surface area contributed by atoms with E-state index in [4.69, 9.17) is 4.74 Å². The molecule has 1 N–H and O–H groups in total. The van der Waals surface area contributed by atoms with E-state index in [9.17, 15) is 9.59 Å². The maximum absolute atomic E-state index is 12.4. The minimum absolute atomic E-state index is 0.0439. The smallest absolute Gasteiger partial charge is 0.226 e. The molecule has 2 rings (SSSR count). The summed E-state index contributed by atoms with van der Waals surface area (Å²) in [6.45, 7) is 4.09. The highest BCUT2D eigenvalue weighted by Crippen LogP contribution is 2.19. The van der Waals surface area contributed by atoms with Gasteiger partial charge in [0.2, 0.25) is 11.8 Å². The van der Waals surface area contributed by atoms with Crippen molar-refractivity contribution < 1.29 is 14.3 Å². The lowest BCUT2D eigenvalue weighted by Crippen LogP contribution is -2.43. The van der Waals surface area contributed by atoms with Crippen LogP contribution in [0.1, 0.15) is 31.7 Å². The topological polar surface area (TPSA) is 58.6 Å².